The van der Waals surface area contributed by atoms with Gasteiger partial charge in [0.15, 0.2) is 0 Å². The minimum atomic E-state index is 0. The van der Waals surface area contributed by atoms with Crippen molar-refractivity contribution in [2.75, 3.05) is 26.2 Å². The summed E-state index contributed by atoms with van der Waals surface area (Å²) in [7, 11) is 0. The molecular formula is C14H25ClN2O2. The van der Waals surface area contributed by atoms with E-state index in [9.17, 15) is 4.79 Å². The average Bonchev–Trinajstić information content (AvgIpc) is 3.01. The van der Waals surface area contributed by atoms with Gasteiger partial charge in [-0.15, -0.1) is 12.4 Å². The molecule has 0 aromatic heterocycles. The Kier molecular flexibility index (Phi) is 5.09. The van der Waals surface area contributed by atoms with Crippen molar-refractivity contribution in [3.8, 4) is 0 Å². The van der Waals surface area contributed by atoms with Gasteiger partial charge in [-0.1, -0.05) is 6.42 Å². The van der Waals surface area contributed by atoms with Gasteiger partial charge < -0.3 is 15.4 Å². The maximum Gasteiger partial charge on any atom is 0.223 e. The molecule has 19 heavy (non-hydrogen) atoms. The van der Waals surface area contributed by atoms with Crippen LogP contribution in [-0.4, -0.2) is 43.2 Å². The third-order valence-electron chi connectivity index (χ3n) is 5.08. The molecule has 2 aliphatic carbocycles. The fourth-order valence-electron chi connectivity index (χ4n) is 4.07. The van der Waals surface area contributed by atoms with Crippen molar-refractivity contribution in [2.24, 2.45) is 23.5 Å². The predicted molar refractivity (Wildman–Crippen MR) is 76.2 cm³/mol. The lowest BCUT2D eigenvalue weighted by molar-refractivity contribution is -0.139. The highest BCUT2D eigenvalue weighted by Crippen LogP contribution is 2.49. The Bertz CT molecular complexity index is 327. The highest BCUT2D eigenvalue weighted by molar-refractivity contribution is 5.85. The van der Waals surface area contributed by atoms with E-state index in [-0.39, 0.29) is 18.5 Å². The number of hydrogen-bond donors (Lipinski definition) is 1. The molecular weight excluding hydrogens is 264 g/mol. The second-order valence-corrected chi connectivity index (χ2v) is 6.21. The Hall–Kier alpha value is -0.320. The first-order valence-electron chi connectivity index (χ1n) is 7.35. The number of carbonyl (C=O) groups is 1. The van der Waals surface area contributed by atoms with E-state index in [0.29, 0.717) is 31.5 Å². The van der Waals surface area contributed by atoms with E-state index in [1.54, 1.807) is 0 Å². The number of ether oxygens (including phenoxy) is 1. The van der Waals surface area contributed by atoms with Crippen molar-refractivity contribution in [3.63, 3.8) is 0 Å². The number of nitrogens with zero attached hydrogens (tertiary/aromatic N) is 1. The van der Waals surface area contributed by atoms with Crippen LogP contribution in [0, 0.1) is 17.8 Å². The van der Waals surface area contributed by atoms with Crippen LogP contribution in [0.25, 0.3) is 0 Å². The Morgan fingerprint density at radius 3 is 2.79 bits per heavy atom. The minimum Gasteiger partial charge on any atom is -0.373 e. The average molecular weight is 289 g/mol. The van der Waals surface area contributed by atoms with E-state index in [4.69, 9.17) is 10.5 Å². The molecule has 3 fully saturated rings. The van der Waals surface area contributed by atoms with E-state index < -0.39 is 0 Å². The molecule has 1 saturated heterocycles. The molecule has 1 amide bonds. The number of fused-ring (bicyclic) bond motifs is 2. The van der Waals surface area contributed by atoms with Gasteiger partial charge in [-0.2, -0.15) is 0 Å². The molecule has 1 heterocycles. The van der Waals surface area contributed by atoms with Crippen LogP contribution in [0.4, 0.5) is 0 Å². The van der Waals surface area contributed by atoms with Crippen molar-refractivity contribution in [1.29, 1.82) is 0 Å². The molecule has 0 aromatic carbocycles. The lowest BCUT2D eigenvalue weighted by Crippen LogP contribution is -2.48. The lowest BCUT2D eigenvalue weighted by atomic mass is 9.86. The van der Waals surface area contributed by atoms with Crippen LogP contribution in [0.1, 0.15) is 32.1 Å². The number of rotatable bonds is 3. The van der Waals surface area contributed by atoms with Gasteiger partial charge in [0, 0.05) is 26.1 Å². The number of halogens is 1. The summed E-state index contributed by atoms with van der Waals surface area (Å²) in [6, 6.07) is 0. The first-order valence-corrected chi connectivity index (χ1v) is 7.35. The summed E-state index contributed by atoms with van der Waals surface area (Å²) in [6.45, 7) is 2.59. The molecule has 110 valence electrons. The monoisotopic (exact) mass is 288 g/mol. The molecule has 5 heteroatoms. The largest absolute Gasteiger partial charge is 0.373 e. The molecule has 4 unspecified atom stereocenters. The molecule has 2 N–H and O–H groups in total. The molecule has 1 aliphatic heterocycles. The smallest absolute Gasteiger partial charge is 0.223 e. The van der Waals surface area contributed by atoms with Crippen LogP contribution in [0.2, 0.25) is 0 Å². The summed E-state index contributed by atoms with van der Waals surface area (Å²) in [6.07, 6.45) is 6.24. The van der Waals surface area contributed by atoms with Gasteiger partial charge in [-0.25, -0.2) is 0 Å². The van der Waals surface area contributed by atoms with Gasteiger partial charge in [0.2, 0.25) is 5.91 Å². The minimum absolute atomic E-state index is 0. The van der Waals surface area contributed by atoms with E-state index in [0.717, 1.165) is 24.8 Å². The zero-order valence-corrected chi connectivity index (χ0v) is 12.2. The second kappa shape index (κ2) is 6.42. The van der Waals surface area contributed by atoms with E-state index >= 15 is 0 Å². The molecule has 4 nitrogen and oxygen atoms in total. The Morgan fingerprint density at radius 1 is 1.32 bits per heavy atom. The molecule has 3 rings (SSSR count). The summed E-state index contributed by atoms with van der Waals surface area (Å²) in [4.78, 5) is 14.3. The zero-order chi connectivity index (χ0) is 12.5. The molecule has 2 bridgehead atoms. The molecule has 0 radical (unpaired) electrons. The van der Waals surface area contributed by atoms with Crippen molar-refractivity contribution in [1.82, 2.24) is 4.90 Å². The number of carbonyl (C=O) groups excluding carboxylic acids is 1. The van der Waals surface area contributed by atoms with E-state index in [1.807, 2.05) is 4.90 Å². The molecule has 4 atom stereocenters. The van der Waals surface area contributed by atoms with Gasteiger partial charge in [-0.05, 0) is 37.0 Å². The zero-order valence-electron chi connectivity index (χ0n) is 11.4. The number of morpholine rings is 1. The predicted octanol–water partition coefficient (Wildman–Crippen LogP) is 1.42. The van der Waals surface area contributed by atoms with Crippen LogP contribution in [0.15, 0.2) is 0 Å². The number of amides is 1. The van der Waals surface area contributed by atoms with Crippen LogP contribution < -0.4 is 5.73 Å². The summed E-state index contributed by atoms with van der Waals surface area (Å²) >= 11 is 0. The lowest BCUT2D eigenvalue weighted by Gasteiger charge is -2.33. The van der Waals surface area contributed by atoms with Crippen LogP contribution in [0.5, 0.6) is 0 Å². The van der Waals surface area contributed by atoms with Crippen LogP contribution >= 0.6 is 12.4 Å². The molecule has 0 spiro atoms. The molecule has 2 saturated carbocycles. The first-order chi connectivity index (χ1) is 8.76. The second-order valence-electron chi connectivity index (χ2n) is 6.21. The van der Waals surface area contributed by atoms with Crippen LogP contribution in [0.3, 0.4) is 0 Å². The van der Waals surface area contributed by atoms with Crippen molar-refractivity contribution < 1.29 is 9.53 Å². The quantitative estimate of drug-likeness (QED) is 0.854. The maximum absolute atomic E-state index is 12.3. The summed E-state index contributed by atoms with van der Waals surface area (Å²) in [5, 5.41) is 0. The maximum atomic E-state index is 12.3. The fraction of sp³-hybridized carbons (Fsp3) is 0.929. The summed E-state index contributed by atoms with van der Waals surface area (Å²) < 4.78 is 5.51. The number of hydrogen-bond acceptors (Lipinski definition) is 3. The summed E-state index contributed by atoms with van der Waals surface area (Å²) in [5.74, 6) is 2.75. The fourth-order valence-corrected chi connectivity index (χ4v) is 4.07. The van der Waals surface area contributed by atoms with Gasteiger partial charge in [0.25, 0.3) is 0 Å². The van der Waals surface area contributed by atoms with Crippen LogP contribution in [-0.2, 0) is 9.53 Å². The summed E-state index contributed by atoms with van der Waals surface area (Å²) in [5.41, 5.74) is 5.62. The number of nitrogens with two attached hydrogens (primary N) is 1. The van der Waals surface area contributed by atoms with Crippen molar-refractivity contribution in [3.05, 3.63) is 0 Å². The third kappa shape index (κ3) is 3.23. The topological polar surface area (TPSA) is 55.6 Å². The van der Waals surface area contributed by atoms with Gasteiger partial charge in [-0.3, -0.25) is 4.79 Å². The standard InChI is InChI=1S/C14H24N2O2.ClH/c15-8-13-9-16(3-4-18-13)14(17)7-12-6-10-1-2-11(12)5-10;/h10-13H,1-9,15H2;1H. The van der Waals surface area contributed by atoms with E-state index in [1.165, 1.54) is 25.7 Å². The Labute approximate surface area is 121 Å². The third-order valence-corrected chi connectivity index (χ3v) is 5.08. The van der Waals surface area contributed by atoms with Crippen molar-refractivity contribution in [2.45, 2.75) is 38.2 Å². The first kappa shape index (κ1) is 15.1. The highest BCUT2D eigenvalue weighted by Gasteiger charge is 2.40. The molecule has 0 aromatic rings. The SMILES string of the molecule is Cl.NCC1CN(C(=O)CC2CC3CCC2C3)CCO1. The van der Waals surface area contributed by atoms with E-state index in [2.05, 4.69) is 0 Å². The highest BCUT2D eigenvalue weighted by atomic mass is 35.5. The molecule has 3 aliphatic rings. The Balaban J connectivity index is 0.00000133. The van der Waals surface area contributed by atoms with Gasteiger partial charge in [0.05, 0.1) is 12.7 Å². The van der Waals surface area contributed by atoms with Crippen molar-refractivity contribution >= 4 is 18.3 Å². The van der Waals surface area contributed by atoms with Gasteiger partial charge >= 0.3 is 0 Å². The Morgan fingerprint density at radius 2 is 2.16 bits per heavy atom. The van der Waals surface area contributed by atoms with Gasteiger partial charge in [0.1, 0.15) is 0 Å². The normalized spacial score (nSPS) is 37.2.